The first-order chi connectivity index (χ1) is 15.8. The number of carboxylic acid groups (broad SMARTS) is 1. The second-order valence-corrected chi connectivity index (χ2v) is 11.6. The van der Waals surface area contributed by atoms with E-state index in [4.69, 9.17) is 0 Å². The van der Waals surface area contributed by atoms with Crippen molar-refractivity contribution < 1.29 is 23.1 Å². The van der Waals surface area contributed by atoms with Gasteiger partial charge >= 0.3 is 5.97 Å². The number of hydrogen-bond acceptors (Lipinski definition) is 6. The largest absolute Gasteiger partial charge is 0.480 e. The number of piperidine rings is 1. The van der Waals surface area contributed by atoms with Crippen LogP contribution < -0.4 is 15.4 Å². The van der Waals surface area contributed by atoms with Crippen molar-refractivity contribution in [2.24, 2.45) is 5.92 Å². The molecule has 1 aliphatic rings. The molecular formula is C23H33N3O5S2. The Morgan fingerprint density at radius 3 is 2.70 bits per heavy atom. The Hall–Kier alpha value is -2.01. The highest BCUT2D eigenvalue weighted by atomic mass is 32.2. The maximum absolute atomic E-state index is 12.6. The summed E-state index contributed by atoms with van der Waals surface area (Å²) in [6.45, 7) is 3.72. The molecule has 0 spiro atoms. The molecule has 0 saturated carbocycles. The average Bonchev–Trinajstić information content (AvgIpc) is 3.21. The first kappa shape index (κ1) is 25.6. The summed E-state index contributed by atoms with van der Waals surface area (Å²) in [6.07, 6.45) is 5.77. The van der Waals surface area contributed by atoms with E-state index in [1.807, 2.05) is 19.1 Å². The molecule has 4 N–H and O–H groups in total. The van der Waals surface area contributed by atoms with Gasteiger partial charge in [0.25, 0.3) is 5.91 Å². The number of hydrogen-bond donors (Lipinski definition) is 4. The lowest BCUT2D eigenvalue weighted by molar-refractivity contribution is -0.138. The summed E-state index contributed by atoms with van der Waals surface area (Å²) >= 11 is 1.68. The van der Waals surface area contributed by atoms with Crippen LogP contribution in [0.25, 0.3) is 10.1 Å². The molecular weight excluding hydrogens is 462 g/mol. The fourth-order valence-electron chi connectivity index (χ4n) is 3.95. The molecule has 1 amide bonds. The molecule has 0 aliphatic carbocycles. The highest BCUT2D eigenvalue weighted by Gasteiger charge is 2.24. The number of nitrogens with one attached hydrogen (secondary N) is 3. The lowest BCUT2D eigenvalue weighted by Crippen LogP contribution is -2.48. The monoisotopic (exact) mass is 495 g/mol. The molecule has 8 nitrogen and oxygen atoms in total. The SMILES string of the molecule is CCCCS(=O)(=O)NC(CNC(=O)c1ccc2cc(CCC3CCNCC3)sc2c1)C(=O)O. The fourth-order valence-corrected chi connectivity index (χ4v) is 6.48. The average molecular weight is 496 g/mol. The molecule has 0 bridgehead atoms. The summed E-state index contributed by atoms with van der Waals surface area (Å²) in [5.74, 6) is -1.14. The third kappa shape index (κ3) is 7.77. The molecule has 3 rings (SSSR count). The van der Waals surface area contributed by atoms with E-state index in [1.54, 1.807) is 17.4 Å². The van der Waals surface area contributed by atoms with E-state index < -0.39 is 27.9 Å². The van der Waals surface area contributed by atoms with Crippen LogP contribution in [0.1, 0.15) is 54.3 Å². The quantitative estimate of drug-likeness (QED) is 0.359. The van der Waals surface area contributed by atoms with Crippen molar-refractivity contribution >= 4 is 43.3 Å². The topological polar surface area (TPSA) is 125 Å². The van der Waals surface area contributed by atoms with Crippen LogP contribution in [0, 0.1) is 5.92 Å². The number of fused-ring (bicyclic) bond motifs is 1. The van der Waals surface area contributed by atoms with Gasteiger partial charge in [0.05, 0.1) is 5.75 Å². The molecule has 1 unspecified atom stereocenters. The minimum Gasteiger partial charge on any atom is -0.480 e. The van der Waals surface area contributed by atoms with Crippen molar-refractivity contribution in [2.75, 3.05) is 25.4 Å². The van der Waals surface area contributed by atoms with Crippen LogP contribution in [0.5, 0.6) is 0 Å². The van der Waals surface area contributed by atoms with Crippen LogP contribution in [0.2, 0.25) is 0 Å². The smallest absolute Gasteiger partial charge is 0.323 e. The van der Waals surface area contributed by atoms with Crippen LogP contribution in [0.15, 0.2) is 24.3 Å². The summed E-state index contributed by atoms with van der Waals surface area (Å²) in [4.78, 5) is 25.4. The number of carboxylic acids is 1. The normalized spacial score (nSPS) is 16.0. The Balaban J connectivity index is 1.58. The number of carbonyl (C=O) groups excluding carboxylic acids is 1. The molecule has 1 fully saturated rings. The minimum absolute atomic E-state index is 0.143. The Morgan fingerprint density at radius 1 is 1.24 bits per heavy atom. The lowest BCUT2D eigenvalue weighted by Gasteiger charge is -2.22. The van der Waals surface area contributed by atoms with E-state index in [0.717, 1.165) is 35.5 Å². The highest BCUT2D eigenvalue weighted by molar-refractivity contribution is 7.89. The Kier molecular flexibility index (Phi) is 9.25. The van der Waals surface area contributed by atoms with E-state index >= 15 is 0 Å². The molecule has 10 heteroatoms. The van der Waals surface area contributed by atoms with Gasteiger partial charge in [0.15, 0.2) is 0 Å². The predicted molar refractivity (Wildman–Crippen MR) is 131 cm³/mol. The van der Waals surface area contributed by atoms with Gasteiger partial charge in [-0.15, -0.1) is 11.3 Å². The van der Waals surface area contributed by atoms with Gasteiger partial charge in [-0.05, 0) is 74.7 Å². The van der Waals surface area contributed by atoms with Gasteiger partial charge in [0.1, 0.15) is 6.04 Å². The summed E-state index contributed by atoms with van der Waals surface area (Å²) in [7, 11) is -3.72. The number of rotatable bonds is 12. The number of benzene rings is 1. The zero-order chi connectivity index (χ0) is 23.8. The molecule has 1 atom stereocenters. The van der Waals surface area contributed by atoms with Crippen molar-refractivity contribution in [1.82, 2.24) is 15.4 Å². The Labute approximate surface area is 199 Å². The van der Waals surface area contributed by atoms with Gasteiger partial charge in [0.2, 0.25) is 10.0 Å². The molecule has 0 radical (unpaired) electrons. The summed E-state index contributed by atoms with van der Waals surface area (Å²) in [5, 5.41) is 16.4. The molecule has 182 valence electrons. The molecule has 1 aliphatic heterocycles. The first-order valence-corrected chi connectivity index (χ1v) is 14.0. The number of thiophene rings is 1. The van der Waals surface area contributed by atoms with Crippen LogP contribution in [-0.2, 0) is 21.2 Å². The van der Waals surface area contributed by atoms with Crippen molar-refractivity contribution in [2.45, 2.75) is 51.5 Å². The summed E-state index contributed by atoms with van der Waals surface area (Å²) < 4.78 is 27.2. The predicted octanol–water partition coefficient (Wildman–Crippen LogP) is 2.74. The Bertz CT molecular complexity index is 1060. The van der Waals surface area contributed by atoms with Crippen molar-refractivity contribution in [3.8, 4) is 0 Å². The van der Waals surface area contributed by atoms with Gasteiger partial charge in [0, 0.05) is 21.7 Å². The van der Waals surface area contributed by atoms with Gasteiger partial charge in [-0.2, -0.15) is 4.72 Å². The van der Waals surface area contributed by atoms with Crippen LogP contribution in [-0.4, -0.2) is 56.8 Å². The number of aryl methyl sites for hydroxylation is 1. The maximum atomic E-state index is 12.6. The van der Waals surface area contributed by atoms with Gasteiger partial charge in [-0.3, -0.25) is 9.59 Å². The lowest BCUT2D eigenvalue weighted by atomic mass is 9.93. The van der Waals surface area contributed by atoms with Crippen LogP contribution in [0.3, 0.4) is 0 Å². The molecule has 1 aromatic heterocycles. The Morgan fingerprint density at radius 2 is 2.00 bits per heavy atom. The number of carbonyl (C=O) groups is 2. The third-order valence-corrected chi connectivity index (χ3v) is 8.57. The van der Waals surface area contributed by atoms with E-state index in [9.17, 15) is 23.1 Å². The van der Waals surface area contributed by atoms with Gasteiger partial charge in [-0.1, -0.05) is 19.4 Å². The number of unbranched alkanes of at least 4 members (excludes halogenated alkanes) is 1. The van der Waals surface area contributed by atoms with E-state index in [0.29, 0.717) is 18.4 Å². The van der Waals surface area contributed by atoms with E-state index in [-0.39, 0.29) is 12.3 Å². The number of amides is 1. The maximum Gasteiger partial charge on any atom is 0.323 e. The van der Waals surface area contributed by atoms with Gasteiger partial charge < -0.3 is 15.7 Å². The summed E-state index contributed by atoms with van der Waals surface area (Å²) in [6, 6.07) is 6.18. The molecule has 2 aromatic rings. The second-order valence-electron chi connectivity index (χ2n) is 8.59. The molecule has 1 aromatic carbocycles. The number of sulfonamides is 1. The van der Waals surface area contributed by atoms with Gasteiger partial charge in [-0.25, -0.2) is 8.42 Å². The van der Waals surface area contributed by atoms with E-state index in [2.05, 4.69) is 21.4 Å². The van der Waals surface area contributed by atoms with Crippen LogP contribution >= 0.6 is 11.3 Å². The fraction of sp³-hybridized carbons (Fsp3) is 0.565. The second kappa shape index (κ2) is 11.9. The summed E-state index contributed by atoms with van der Waals surface area (Å²) in [5.41, 5.74) is 0.423. The first-order valence-electron chi connectivity index (χ1n) is 11.5. The van der Waals surface area contributed by atoms with E-state index in [1.165, 1.54) is 24.1 Å². The van der Waals surface area contributed by atoms with Crippen molar-refractivity contribution in [1.29, 1.82) is 0 Å². The molecule has 1 saturated heterocycles. The van der Waals surface area contributed by atoms with Crippen molar-refractivity contribution in [3.05, 3.63) is 34.7 Å². The van der Waals surface area contributed by atoms with Crippen molar-refractivity contribution in [3.63, 3.8) is 0 Å². The number of aliphatic carboxylic acids is 1. The standard InChI is InChI=1S/C23H33N3O5S2/c1-2-3-12-33(30,31)26-20(23(28)29)15-25-22(27)18-6-5-17-13-19(32-21(17)14-18)7-4-16-8-10-24-11-9-16/h5-6,13-14,16,20,24,26H,2-4,7-12,15H2,1H3,(H,25,27)(H,28,29). The van der Waals surface area contributed by atoms with Crippen LogP contribution in [0.4, 0.5) is 0 Å². The highest BCUT2D eigenvalue weighted by Crippen LogP contribution is 2.29. The molecule has 2 heterocycles. The zero-order valence-electron chi connectivity index (χ0n) is 18.9. The zero-order valence-corrected chi connectivity index (χ0v) is 20.6. The minimum atomic E-state index is -3.72. The third-order valence-electron chi connectivity index (χ3n) is 5.94. The molecule has 33 heavy (non-hydrogen) atoms.